The molecular formula is C13H16ClN5O. The Labute approximate surface area is 122 Å². The van der Waals surface area contributed by atoms with Crippen LogP contribution in [0.4, 0.5) is 5.69 Å². The number of nitrogens with zero attached hydrogens (tertiary/aromatic N) is 4. The molecule has 2 rings (SSSR count). The van der Waals surface area contributed by atoms with Gasteiger partial charge in [-0.05, 0) is 12.1 Å². The quantitative estimate of drug-likeness (QED) is 0.390. The highest BCUT2D eigenvalue weighted by atomic mass is 35.5. The second kappa shape index (κ2) is 5.83. The number of anilines is 1. The van der Waals surface area contributed by atoms with Crippen molar-refractivity contribution < 1.29 is 5.21 Å². The molecule has 0 saturated heterocycles. The minimum Gasteiger partial charge on any atom is -0.409 e. The zero-order chi connectivity index (χ0) is 14.7. The first-order chi connectivity index (χ1) is 9.54. The van der Waals surface area contributed by atoms with E-state index in [0.29, 0.717) is 17.1 Å². The maximum Gasteiger partial charge on any atom is 0.173 e. The maximum absolute atomic E-state index is 8.89. The molecule has 0 spiro atoms. The van der Waals surface area contributed by atoms with E-state index in [1.165, 1.54) is 0 Å². The molecule has 7 heteroatoms. The van der Waals surface area contributed by atoms with Crippen molar-refractivity contribution in [2.45, 2.75) is 6.54 Å². The largest absolute Gasteiger partial charge is 0.409 e. The first kappa shape index (κ1) is 14.2. The topological polar surface area (TPSA) is 79.7 Å². The average molecular weight is 294 g/mol. The third-order valence-corrected chi connectivity index (χ3v) is 3.38. The Morgan fingerprint density at radius 1 is 1.55 bits per heavy atom. The van der Waals surface area contributed by atoms with Gasteiger partial charge in [-0.2, -0.15) is 0 Å². The number of imidazole rings is 1. The number of halogens is 1. The predicted octanol–water partition coefficient (Wildman–Crippen LogP) is 1.80. The van der Waals surface area contributed by atoms with E-state index in [4.69, 9.17) is 22.5 Å². The zero-order valence-electron chi connectivity index (χ0n) is 11.3. The van der Waals surface area contributed by atoms with E-state index in [2.05, 4.69) is 10.1 Å². The Morgan fingerprint density at radius 2 is 2.30 bits per heavy atom. The van der Waals surface area contributed by atoms with Gasteiger partial charge in [0, 0.05) is 32.2 Å². The lowest BCUT2D eigenvalue weighted by Crippen LogP contribution is -2.24. The molecule has 2 aromatic rings. The summed E-state index contributed by atoms with van der Waals surface area (Å²) in [5, 5.41) is 12.4. The summed E-state index contributed by atoms with van der Waals surface area (Å²) in [6, 6.07) is 5.38. The van der Waals surface area contributed by atoms with Crippen molar-refractivity contribution in [3.63, 3.8) is 0 Å². The van der Waals surface area contributed by atoms with Crippen LogP contribution < -0.4 is 10.6 Å². The van der Waals surface area contributed by atoms with Crippen molar-refractivity contribution in [1.82, 2.24) is 9.55 Å². The van der Waals surface area contributed by atoms with Crippen LogP contribution in [-0.2, 0) is 13.6 Å². The fourth-order valence-corrected chi connectivity index (χ4v) is 2.25. The molecule has 3 N–H and O–H groups in total. The number of aromatic nitrogens is 2. The smallest absolute Gasteiger partial charge is 0.173 e. The normalized spacial score (nSPS) is 11.7. The number of hydrogen-bond acceptors (Lipinski definition) is 4. The molecule has 0 amide bonds. The van der Waals surface area contributed by atoms with Crippen molar-refractivity contribution in [3.8, 4) is 0 Å². The third-order valence-electron chi connectivity index (χ3n) is 3.07. The van der Waals surface area contributed by atoms with E-state index in [9.17, 15) is 0 Å². The second-order valence-electron chi connectivity index (χ2n) is 4.43. The van der Waals surface area contributed by atoms with Crippen molar-refractivity contribution in [1.29, 1.82) is 0 Å². The summed E-state index contributed by atoms with van der Waals surface area (Å²) in [4.78, 5) is 6.22. The Morgan fingerprint density at radius 3 is 2.90 bits per heavy atom. The summed E-state index contributed by atoms with van der Waals surface area (Å²) in [5.74, 6) is 0.884. The second-order valence-corrected chi connectivity index (χ2v) is 4.84. The number of nitrogens with two attached hydrogens (primary N) is 1. The van der Waals surface area contributed by atoms with Crippen LogP contribution >= 0.6 is 11.6 Å². The van der Waals surface area contributed by atoms with Crippen molar-refractivity contribution >= 4 is 23.1 Å². The lowest BCUT2D eigenvalue weighted by atomic mass is 10.1. The molecule has 106 valence electrons. The summed E-state index contributed by atoms with van der Waals surface area (Å²) in [6.07, 6.45) is 3.62. The molecule has 0 atom stereocenters. The molecular weight excluding hydrogens is 278 g/mol. The van der Waals surface area contributed by atoms with Crippen molar-refractivity contribution in [2.24, 2.45) is 17.9 Å². The van der Waals surface area contributed by atoms with Gasteiger partial charge >= 0.3 is 0 Å². The van der Waals surface area contributed by atoms with Gasteiger partial charge in [0.15, 0.2) is 5.84 Å². The van der Waals surface area contributed by atoms with E-state index in [1.54, 1.807) is 12.3 Å². The number of rotatable bonds is 4. The summed E-state index contributed by atoms with van der Waals surface area (Å²) in [6.45, 7) is 0.579. The van der Waals surface area contributed by atoms with Gasteiger partial charge < -0.3 is 20.4 Å². The molecule has 6 nitrogen and oxygen atoms in total. The molecule has 0 saturated carbocycles. The minimum atomic E-state index is -0.0164. The molecule has 0 aliphatic carbocycles. The Hall–Kier alpha value is -2.21. The van der Waals surface area contributed by atoms with Gasteiger partial charge in [-0.25, -0.2) is 4.98 Å². The fourth-order valence-electron chi connectivity index (χ4n) is 1.98. The highest BCUT2D eigenvalue weighted by Gasteiger charge is 2.16. The van der Waals surface area contributed by atoms with E-state index in [-0.39, 0.29) is 5.84 Å². The highest BCUT2D eigenvalue weighted by molar-refractivity contribution is 6.34. The SMILES string of the molecule is CN(Cc1nccn1C)c1cccc(Cl)c1C(N)=NO. The van der Waals surface area contributed by atoms with Gasteiger partial charge in [0.1, 0.15) is 5.82 Å². The van der Waals surface area contributed by atoms with Crippen LogP contribution in [0.1, 0.15) is 11.4 Å². The summed E-state index contributed by atoms with van der Waals surface area (Å²) < 4.78 is 1.93. The van der Waals surface area contributed by atoms with E-state index < -0.39 is 0 Å². The number of benzene rings is 1. The van der Waals surface area contributed by atoms with Gasteiger partial charge in [-0.3, -0.25) is 0 Å². The summed E-state index contributed by atoms with van der Waals surface area (Å²) in [7, 11) is 3.83. The highest BCUT2D eigenvalue weighted by Crippen LogP contribution is 2.27. The molecule has 0 radical (unpaired) electrons. The monoisotopic (exact) mass is 293 g/mol. The number of aryl methyl sites for hydroxylation is 1. The lowest BCUT2D eigenvalue weighted by molar-refractivity contribution is 0.318. The minimum absolute atomic E-state index is 0.0164. The molecule has 1 aromatic heterocycles. The Bertz CT molecular complexity index is 637. The van der Waals surface area contributed by atoms with E-state index >= 15 is 0 Å². The molecule has 0 unspecified atom stereocenters. The van der Waals surface area contributed by atoms with E-state index in [0.717, 1.165) is 11.5 Å². The third kappa shape index (κ3) is 2.70. The Balaban J connectivity index is 2.37. The van der Waals surface area contributed by atoms with Crippen LogP contribution in [0.5, 0.6) is 0 Å². The van der Waals surface area contributed by atoms with Gasteiger partial charge in [0.25, 0.3) is 0 Å². The van der Waals surface area contributed by atoms with Crippen LogP contribution in [0.3, 0.4) is 0 Å². The van der Waals surface area contributed by atoms with Gasteiger partial charge in [0.05, 0.1) is 17.1 Å². The molecule has 1 aromatic carbocycles. The van der Waals surface area contributed by atoms with Crippen molar-refractivity contribution in [2.75, 3.05) is 11.9 Å². The first-order valence-corrected chi connectivity index (χ1v) is 6.36. The molecule has 0 bridgehead atoms. The van der Waals surface area contributed by atoms with Crippen LogP contribution in [0.15, 0.2) is 35.7 Å². The van der Waals surface area contributed by atoms with Gasteiger partial charge in [-0.1, -0.05) is 22.8 Å². The van der Waals surface area contributed by atoms with Gasteiger partial charge in [-0.15, -0.1) is 0 Å². The zero-order valence-corrected chi connectivity index (χ0v) is 12.0. The van der Waals surface area contributed by atoms with Crippen LogP contribution in [0.2, 0.25) is 5.02 Å². The maximum atomic E-state index is 8.89. The average Bonchev–Trinajstić information content (AvgIpc) is 2.83. The summed E-state index contributed by atoms with van der Waals surface area (Å²) in [5.41, 5.74) is 6.99. The molecule has 0 aliphatic rings. The van der Waals surface area contributed by atoms with Crippen LogP contribution in [-0.4, -0.2) is 27.6 Å². The number of oxime groups is 1. The first-order valence-electron chi connectivity index (χ1n) is 5.98. The summed E-state index contributed by atoms with van der Waals surface area (Å²) >= 11 is 6.14. The standard InChI is InChI=1S/C13H16ClN5O/c1-18-7-6-16-11(18)8-19(2)10-5-3-4-9(14)12(10)13(15)17-20/h3-7,20H,8H2,1-2H3,(H2,15,17). The van der Waals surface area contributed by atoms with Crippen LogP contribution in [0.25, 0.3) is 0 Å². The Kier molecular flexibility index (Phi) is 4.14. The lowest BCUT2D eigenvalue weighted by Gasteiger charge is -2.22. The fraction of sp³-hybridized carbons (Fsp3) is 0.231. The number of amidine groups is 1. The number of hydrogen-bond donors (Lipinski definition) is 2. The molecule has 0 fully saturated rings. The van der Waals surface area contributed by atoms with Gasteiger partial charge in [0.2, 0.25) is 0 Å². The van der Waals surface area contributed by atoms with Crippen molar-refractivity contribution in [3.05, 3.63) is 47.0 Å². The predicted molar refractivity (Wildman–Crippen MR) is 79.3 cm³/mol. The molecule has 20 heavy (non-hydrogen) atoms. The van der Waals surface area contributed by atoms with E-state index in [1.807, 2.05) is 41.9 Å². The van der Waals surface area contributed by atoms with Crippen LogP contribution in [0, 0.1) is 0 Å². The molecule has 0 aliphatic heterocycles. The molecule has 1 heterocycles.